The summed E-state index contributed by atoms with van der Waals surface area (Å²) in [7, 11) is 0. The topological polar surface area (TPSA) is 95.6 Å². The molecule has 6 nitrogen and oxygen atoms in total. The summed E-state index contributed by atoms with van der Waals surface area (Å²) < 4.78 is 0. The zero-order valence-electron chi connectivity index (χ0n) is 12.3. The Hall–Kier alpha value is -3.46. The number of benzene rings is 2. The minimum absolute atomic E-state index is 0.0284. The SMILES string of the molecule is Cc1ccc(/C=C(/C#N)c2nc3ccccc3[nH]2)cc1[N+](=O)[O-]. The average molecular weight is 304 g/mol. The van der Waals surface area contributed by atoms with E-state index in [1.807, 2.05) is 24.3 Å². The van der Waals surface area contributed by atoms with Crippen LogP contribution in [0.2, 0.25) is 0 Å². The summed E-state index contributed by atoms with van der Waals surface area (Å²) in [6.07, 6.45) is 1.59. The molecule has 3 rings (SSSR count). The lowest BCUT2D eigenvalue weighted by atomic mass is 10.1. The first-order valence-corrected chi connectivity index (χ1v) is 6.90. The molecule has 0 fully saturated rings. The van der Waals surface area contributed by atoms with E-state index >= 15 is 0 Å². The third-order valence-electron chi connectivity index (χ3n) is 3.51. The number of fused-ring (bicyclic) bond motifs is 1. The van der Waals surface area contributed by atoms with E-state index in [2.05, 4.69) is 16.0 Å². The molecule has 1 N–H and O–H groups in total. The van der Waals surface area contributed by atoms with Gasteiger partial charge in [0.15, 0.2) is 0 Å². The van der Waals surface area contributed by atoms with E-state index in [1.165, 1.54) is 6.07 Å². The molecule has 0 saturated heterocycles. The highest BCUT2D eigenvalue weighted by Crippen LogP contribution is 2.23. The highest BCUT2D eigenvalue weighted by Gasteiger charge is 2.12. The third kappa shape index (κ3) is 2.80. The number of hydrogen-bond acceptors (Lipinski definition) is 4. The van der Waals surface area contributed by atoms with Gasteiger partial charge in [0.25, 0.3) is 5.69 Å². The zero-order valence-corrected chi connectivity index (χ0v) is 12.3. The molecule has 1 aromatic heterocycles. The number of hydrogen-bond donors (Lipinski definition) is 1. The number of aromatic nitrogens is 2. The maximum atomic E-state index is 11.0. The van der Waals surface area contributed by atoms with Crippen LogP contribution in [-0.2, 0) is 0 Å². The third-order valence-corrected chi connectivity index (χ3v) is 3.51. The smallest absolute Gasteiger partial charge is 0.272 e. The molecule has 0 radical (unpaired) electrons. The molecule has 0 saturated carbocycles. The highest BCUT2D eigenvalue weighted by atomic mass is 16.6. The number of nitrogens with zero attached hydrogens (tertiary/aromatic N) is 3. The fourth-order valence-electron chi connectivity index (χ4n) is 2.31. The van der Waals surface area contributed by atoms with Gasteiger partial charge in [-0.05, 0) is 30.7 Å². The van der Waals surface area contributed by atoms with Crippen molar-refractivity contribution in [3.05, 3.63) is 69.5 Å². The lowest BCUT2D eigenvalue weighted by molar-refractivity contribution is -0.385. The zero-order chi connectivity index (χ0) is 16.4. The van der Waals surface area contributed by atoms with Crippen LogP contribution in [0.25, 0.3) is 22.7 Å². The normalized spacial score (nSPS) is 11.4. The van der Waals surface area contributed by atoms with E-state index in [1.54, 1.807) is 25.1 Å². The Morgan fingerprint density at radius 1 is 1.35 bits per heavy atom. The second-order valence-corrected chi connectivity index (χ2v) is 5.08. The van der Waals surface area contributed by atoms with Crippen molar-refractivity contribution in [2.45, 2.75) is 6.92 Å². The van der Waals surface area contributed by atoms with Gasteiger partial charge in [0.1, 0.15) is 11.9 Å². The minimum Gasteiger partial charge on any atom is -0.337 e. The molecule has 0 bridgehead atoms. The van der Waals surface area contributed by atoms with Gasteiger partial charge < -0.3 is 4.98 Å². The van der Waals surface area contributed by atoms with Crippen LogP contribution >= 0.6 is 0 Å². The number of imidazole rings is 1. The van der Waals surface area contributed by atoms with Crippen molar-refractivity contribution in [2.75, 3.05) is 0 Å². The summed E-state index contributed by atoms with van der Waals surface area (Å²) in [5.74, 6) is 0.442. The molecule has 3 aromatic rings. The lowest BCUT2D eigenvalue weighted by Gasteiger charge is -1.99. The summed E-state index contributed by atoms with van der Waals surface area (Å²) in [6, 6.07) is 14.4. The van der Waals surface area contributed by atoms with Gasteiger partial charge in [-0.1, -0.05) is 24.3 Å². The standard InChI is InChI=1S/C17H12N4O2/c1-11-6-7-12(9-16(11)21(22)23)8-13(10-18)17-19-14-4-2-3-5-15(14)20-17/h2-9H,1H3,(H,19,20)/b13-8-. The number of rotatable bonds is 3. The van der Waals surface area contributed by atoms with E-state index < -0.39 is 4.92 Å². The van der Waals surface area contributed by atoms with Crippen molar-refractivity contribution in [2.24, 2.45) is 0 Å². The second-order valence-electron chi connectivity index (χ2n) is 5.08. The lowest BCUT2D eigenvalue weighted by Crippen LogP contribution is -1.92. The number of nitro groups is 1. The van der Waals surface area contributed by atoms with Crippen molar-refractivity contribution in [1.82, 2.24) is 9.97 Å². The van der Waals surface area contributed by atoms with Crippen LogP contribution in [0.1, 0.15) is 17.0 Å². The first-order valence-electron chi connectivity index (χ1n) is 6.90. The second kappa shape index (κ2) is 5.73. The van der Waals surface area contributed by atoms with E-state index in [0.29, 0.717) is 22.5 Å². The van der Waals surface area contributed by atoms with Gasteiger partial charge in [0, 0.05) is 11.6 Å². The van der Waals surface area contributed by atoms with Gasteiger partial charge in [-0.3, -0.25) is 10.1 Å². The van der Waals surface area contributed by atoms with E-state index in [9.17, 15) is 15.4 Å². The number of allylic oxidation sites excluding steroid dienone is 1. The summed E-state index contributed by atoms with van der Waals surface area (Å²) in [5.41, 5.74) is 3.10. The number of para-hydroxylation sites is 2. The van der Waals surface area contributed by atoms with Crippen molar-refractivity contribution >= 4 is 28.4 Å². The summed E-state index contributed by atoms with van der Waals surface area (Å²) >= 11 is 0. The number of nitriles is 1. The molecule has 1 heterocycles. The fourth-order valence-corrected chi connectivity index (χ4v) is 2.31. The Morgan fingerprint density at radius 3 is 2.83 bits per heavy atom. The molecule has 0 aliphatic rings. The molecule has 0 unspecified atom stereocenters. The van der Waals surface area contributed by atoms with Crippen LogP contribution in [0, 0.1) is 28.4 Å². The molecule has 112 valence electrons. The number of nitro benzene ring substituents is 1. The van der Waals surface area contributed by atoms with E-state index in [0.717, 1.165) is 11.0 Å². The summed E-state index contributed by atoms with van der Waals surface area (Å²) in [5, 5.41) is 20.4. The molecule has 0 spiro atoms. The molecular weight excluding hydrogens is 292 g/mol. The quantitative estimate of drug-likeness (QED) is 0.451. The van der Waals surface area contributed by atoms with Crippen LogP contribution in [0.4, 0.5) is 5.69 Å². The van der Waals surface area contributed by atoms with Gasteiger partial charge in [-0.2, -0.15) is 5.26 Å². The molecule has 6 heteroatoms. The van der Waals surface area contributed by atoms with Crippen molar-refractivity contribution in [1.29, 1.82) is 5.26 Å². The van der Waals surface area contributed by atoms with Gasteiger partial charge >= 0.3 is 0 Å². The van der Waals surface area contributed by atoms with E-state index in [4.69, 9.17) is 0 Å². The van der Waals surface area contributed by atoms with Crippen molar-refractivity contribution in [3.63, 3.8) is 0 Å². The van der Waals surface area contributed by atoms with Gasteiger partial charge in [0.2, 0.25) is 0 Å². The summed E-state index contributed by atoms with van der Waals surface area (Å²) in [4.78, 5) is 18.0. The number of aromatic amines is 1. The first kappa shape index (κ1) is 14.5. The number of nitrogens with one attached hydrogen (secondary N) is 1. The van der Waals surface area contributed by atoms with Crippen LogP contribution in [0.15, 0.2) is 42.5 Å². The minimum atomic E-state index is -0.431. The van der Waals surface area contributed by atoms with Crippen molar-refractivity contribution in [3.8, 4) is 6.07 Å². The molecule has 23 heavy (non-hydrogen) atoms. The van der Waals surface area contributed by atoms with Gasteiger partial charge in [-0.15, -0.1) is 0 Å². The largest absolute Gasteiger partial charge is 0.337 e. The Labute approximate surface area is 131 Å². The fraction of sp³-hybridized carbons (Fsp3) is 0.0588. The maximum Gasteiger partial charge on any atom is 0.272 e. The number of aryl methyl sites for hydroxylation is 1. The van der Waals surface area contributed by atoms with Crippen molar-refractivity contribution < 1.29 is 4.92 Å². The van der Waals surface area contributed by atoms with E-state index in [-0.39, 0.29) is 5.69 Å². The molecule has 0 aliphatic heterocycles. The van der Waals surface area contributed by atoms with Gasteiger partial charge in [-0.25, -0.2) is 4.98 Å². The average Bonchev–Trinajstić information content (AvgIpc) is 2.97. The molecule has 2 aromatic carbocycles. The Morgan fingerprint density at radius 2 is 2.13 bits per heavy atom. The summed E-state index contributed by atoms with van der Waals surface area (Å²) in [6.45, 7) is 1.68. The number of H-pyrrole nitrogens is 1. The molecule has 0 amide bonds. The predicted octanol–water partition coefficient (Wildman–Crippen LogP) is 3.84. The highest BCUT2D eigenvalue weighted by molar-refractivity contribution is 5.90. The maximum absolute atomic E-state index is 11.0. The Bertz CT molecular complexity index is 947. The Balaban J connectivity index is 2.07. The van der Waals surface area contributed by atoms with Crippen LogP contribution in [0.3, 0.4) is 0 Å². The first-order chi connectivity index (χ1) is 11.1. The van der Waals surface area contributed by atoms with Gasteiger partial charge in [0.05, 0.1) is 21.5 Å². The van der Waals surface area contributed by atoms with Crippen LogP contribution < -0.4 is 0 Å². The molecular formula is C17H12N4O2. The Kier molecular flexibility index (Phi) is 3.61. The predicted molar refractivity (Wildman–Crippen MR) is 87.4 cm³/mol. The van der Waals surface area contributed by atoms with Crippen LogP contribution in [-0.4, -0.2) is 14.9 Å². The monoisotopic (exact) mass is 304 g/mol. The van der Waals surface area contributed by atoms with Crippen LogP contribution in [0.5, 0.6) is 0 Å². The molecule has 0 atom stereocenters. The molecule has 0 aliphatic carbocycles.